The SMILES string of the molecule is CC1(n2c(CCl)nc3cc(F)c(Br)cc32)CCOC1. The Morgan fingerprint density at radius 2 is 2.37 bits per heavy atom. The highest BCUT2D eigenvalue weighted by atomic mass is 79.9. The summed E-state index contributed by atoms with van der Waals surface area (Å²) < 4.78 is 21.6. The number of fused-ring (bicyclic) bond motifs is 1. The summed E-state index contributed by atoms with van der Waals surface area (Å²) in [5, 5.41) is 0. The van der Waals surface area contributed by atoms with Gasteiger partial charge in [-0.25, -0.2) is 9.37 Å². The summed E-state index contributed by atoms with van der Waals surface area (Å²) in [6.45, 7) is 3.46. The Hall–Kier alpha value is -0.650. The van der Waals surface area contributed by atoms with Gasteiger partial charge in [0.15, 0.2) is 0 Å². The molecule has 0 saturated carbocycles. The minimum Gasteiger partial charge on any atom is -0.379 e. The number of ether oxygens (including phenoxy) is 1. The van der Waals surface area contributed by atoms with Crippen molar-refractivity contribution in [1.29, 1.82) is 0 Å². The largest absolute Gasteiger partial charge is 0.379 e. The van der Waals surface area contributed by atoms with Crippen LogP contribution in [0, 0.1) is 5.82 Å². The molecule has 0 N–H and O–H groups in total. The van der Waals surface area contributed by atoms with E-state index in [1.165, 1.54) is 6.07 Å². The Labute approximate surface area is 123 Å². The molecule has 2 aromatic rings. The van der Waals surface area contributed by atoms with E-state index in [4.69, 9.17) is 16.3 Å². The Bertz CT molecular complexity index is 637. The average Bonchev–Trinajstić information content (AvgIpc) is 2.94. The lowest BCUT2D eigenvalue weighted by Crippen LogP contribution is -2.31. The molecule has 2 heterocycles. The van der Waals surface area contributed by atoms with Gasteiger partial charge in [0.1, 0.15) is 11.6 Å². The van der Waals surface area contributed by atoms with Crippen molar-refractivity contribution < 1.29 is 9.13 Å². The number of nitrogens with zero attached hydrogens (tertiary/aromatic N) is 2. The predicted octanol–water partition coefficient (Wildman–Crippen LogP) is 3.81. The first-order valence-corrected chi connectivity index (χ1v) is 7.38. The van der Waals surface area contributed by atoms with Crippen molar-refractivity contribution >= 4 is 38.6 Å². The van der Waals surface area contributed by atoms with Gasteiger partial charge in [-0.2, -0.15) is 0 Å². The highest BCUT2D eigenvalue weighted by Gasteiger charge is 2.35. The minimum atomic E-state index is -0.314. The van der Waals surface area contributed by atoms with Crippen molar-refractivity contribution in [1.82, 2.24) is 9.55 Å². The quantitative estimate of drug-likeness (QED) is 0.772. The lowest BCUT2D eigenvalue weighted by Gasteiger charge is -2.26. The fraction of sp³-hybridized carbons (Fsp3) is 0.462. The molecule has 0 spiro atoms. The van der Waals surface area contributed by atoms with Gasteiger partial charge in [-0.15, -0.1) is 11.6 Å². The molecular formula is C13H13BrClFN2O. The van der Waals surface area contributed by atoms with Gasteiger partial charge in [0.2, 0.25) is 0 Å². The first-order valence-electron chi connectivity index (χ1n) is 6.06. The van der Waals surface area contributed by atoms with Crippen molar-refractivity contribution in [2.75, 3.05) is 13.2 Å². The fourth-order valence-corrected chi connectivity index (χ4v) is 3.16. The molecule has 1 saturated heterocycles. The zero-order chi connectivity index (χ0) is 13.6. The molecule has 1 aliphatic heterocycles. The monoisotopic (exact) mass is 346 g/mol. The molecule has 0 bridgehead atoms. The summed E-state index contributed by atoms with van der Waals surface area (Å²) in [7, 11) is 0. The van der Waals surface area contributed by atoms with E-state index in [9.17, 15) is 4.39 Å². The summed E-state index contributed by atoms with van der Waals surface area (Å²) in [6, 6.07) is 3.20. The van der Waals surface area contributed by atoms with E-state index in [0.29, 0.717) is 22.5 Å². The Balaban J connectivity index is 2.29. The van der Waals surface area contributed by atoms with Gasteiger partial charge < -0.3 is 9.30 Å². The Morgan fingerprint density at radius 3 is 3.00 bits per heavy atom. The molecule has 1 aromatic heterocycles. The van der Waals surface area contributed by atoms with E-state index in [0.717, 1.165) is 24.4 Å². The number of alkyl halides is 1. The van der Waals surface area contributed by atoms with Crippen molar-refractivity contribution in [2.24, 2.45) is 0 Å². The molecule has 3 rings (SSSR count). The van der Waals surface area contributed by atoms with Crippen LogP contribution in [0.2, 0.25) is 0 Å². The fourth-order valence-electron chi connectivity index (χ4n) is 2.65. The van der Waals surface area contributed by atoms with Gasteiger partial charge in [-0.05, 0) is 35.3 Å². The smallest absolute Gasteiger partial charge is 0.139 e. The molecule has 1 unspecified atom stereocenters. The van der Waals surface area contributed by atoms with Gasteiger partial charge in [0.25, 0.3) is 0 Å². The maximum absolute atomic E-state index is 13.6. The van der Waals surface area contributed by atoms with Crippen LogP contribution in [0.1, 0.15) is 19.2 Å². The maximum atomic E-state index is 13.6. The number of hydrogen-bond acceptors (Lipinski definition) is 2. The van der Waals surface area contributed by atoms with Gasteiger partial charge in [0, 0.05) is 12.7 Å². The van der Waals surface area contributed by atoms with E-state index < -0.39 is 0 Å². The lowest BCUT2D eigenvalue weighted by atomic mass is 10.0. The molecule has 3 nitrogen and oxygen atoms in total. The Kier molecular flexibility index (Phi) is 3.31. The van der Waals surface area contributed by atoms with Crippen LogP contribution >= 0.6 is 27.5 Å². The molecule has 0 radical (unpaired) electrons. The van der Waals surface area contributed by atoms with Crippen LogP contribution in [0.25, 0.3) is 11.0 Å². The number of hydrogen-bond donors (Lipinski definition) is 0. The van der Waals surface area contributed by atoms with Crippen LogP contribution in [0.5, 0.6) is 0 Å². The third-order valence-corrected chi connectivity index (χ3v) is 4.47. The third-order valence-electron chi connectivity index (χ3n) is 3.62. The van der Waals surface area contributed by atoms with Crippen LogP contribution < -0.4 is 0 Å². The van der Waals surface area contributed by atoms with Crippen LogP contribution in [0.3, 0.4) is 0 Å². The number of halogens is 3. The van der Waals surface area contributed by atoms with Crippen LogP contribution in [-0.4, -0.2) is 22.8 Å². The van der Waals surface area contributed by atoms with E-state index in [1.807, 2.05) is 0 Å². The number of rotatable bonds is 2. The molecule has 1 aliphatic rings. The van der Waals surface area contributed by atoms with Crippen molar-refractivity contribution in [3.63, 3.8) is 0 Å². The molecule has 0 amide bonds. The van der Waals surface area contributed by atoms with Crippen LogP contribution in [0.15, 0.2) is 16.6 Å². The zero-order valence-corrected chi connectivity index (χ0v) is 12.8. The van der Waals surface area contributed by atoms with Crippen molar-refractivity contribution in [3.05, 3.63) is 28.2 Å². The van der Waals surface area contributed by atoms with Gasteiger partial charge >= 0.3 is 0 Å². The first-order chi connectivity index (χ1) is 9.05. The molecule has 0 aliphatic carbocycles. The van der Waals surface area contributed by atoms with E-state index in [1.54, 1.807) is 6.07 Å². The summed E-state index contributed by atoms with van der Waals surface area (Å²) in [4.78, 5) is 4.44. The number of imidazole rings is 1. The molecule has 1 atom stereocenters. The van der Waals surface area contributed by atoms with E-state index in [2.05, 4.69) is 32.4 Å². The first kappa shape index (κ1) is 13.3. The van der Waals surface area contributed by atoms with Gasteiger partial charge in [-0.1, -0.05) is 0 Å². The van der Waals surface area contributed by atoms with E-state index >= 15 is 0 Å². The van der Waals surface area contributed by atoms with Gasteiger partial charge in [0.05, 0.1) is 33.5 Å². The summed E-state index contributed by atoms with van der Waals surface area (Å²) in [6.07, 6.45) is 0.900. The zero-order valence-electron chi connectivity index (χ0n) is 10.4. The molecular weight excluding hydrogens is 335 g/mol. The molecule has 102 valence electrons. The van der Waals surface area contributed by atoms with E-state index in [-0.39, 0.29) is 11.4 Å². The molecule has 6 heteroatoms. The predicted molar refractivity (Wildman–Crippen MR) is 76.0 cm³/mol. The Morgan fingerprint density at radius 1 is 1.58 bits per heavy atom. The number of aromatic nitrogens is 2. The molecule has 19 heavy (non-hydrogen) atoms. The topological polar surface area (TPSA) is 27.1 Å². The third kappa shape index (κ3) is 2.08. The normalized spacial score (nSPS) is 23.4. The highest BCUT2D eigenvalue weighted by Crippen LogP contribution is 2.34. The summed E-state index contributed by atoms with van der Waals surface area (Å²) >= 11 is 9.22. The second kappa shape index (κ2) is 4.72. The highest BCUT2D eigenvalue weighted by molar-refractivity contribution is 9.10. The van der Waals surface area contributed by atoms with Gasteiger partial charge in [-0.3, -0.25) is 0 Å². The van der Waals surface area contributed by atoms with Crippen LogP contribution in [0.4, 0.5) is 4.39 Å². The second-order valence-corrected chi connectivity index (χ2v) is 6.17. The number of benzene rings is 1. The second-order valence-electron chi connectivity index (χ2n) is 5.05. The lowest BCUT2D eigenvalue weighted by molar-refractivity contribution is 0.162. The minimum absolute atomic E-state index is 0.170. The summed E-state index contributed by atoms with van der Waals surface area (Å²) in [5.41, 5.74) is 1.34. The molecule has 1 fully saturated rings. The maximum Gasteiger partial charge on any atom is 0.139 e. The average molecular weight is 348 g/mol. The van der Waals surface area contributed by atoms with Crippen molar-refractivity contribution in [2.45, 2.75) is 24.8 Å². The standard InChI is InChI=1S/C13H13BrClFN2O/c1-13(2-3-19-7-13)18-11-4-8(14)9(16)5-10(11)17-12(18)6-15/h4-5H,2-3,6-7H2,1H3. The summed E-state index contributed by atoms with van der Waals surface area (Å²) in [5.74, 6) is 0.733. The molecule has 1 aromatic carbocycles. The van der Waals surface area contributed by atoms with Crippen molar-refractivity contribution in [3.8, 4) is 0 Å². The van der Waals surface area contributed by atoms with Crippen LogP contribution in [-0.2, 0) is 16.2 Å².